The fraction of sp³-hybridized carbons (Fsp3) is 0.176. The molecule has 2 rings (SSSR count). The number of hydrogen-bond donors (Lipinski definition) is 3. The van der Waals surface area contributed by atoms with Gasteiger partial charge < -0.3 is 25.6 Å². The van der Waals surface area contributed by atoms with Gasteiger partial charge in [0.2, 0.25) is 5.96 Å². The molecule has 0 unspecified atom stereocenters. The molecule has 0 aliphatic rings. The highest BCUT2D eigenvalue weighted by atomic mass is 32.2. The second kappa shape index (κ2) is 12.4. The van der Waals surface area contributed by atoms with Crippen molar-refractivity contribution in [2.24, 2.45) is 21.7 Å². The Kier molecular flexibility index (Phi) is 9.98. The summed E-state index contributed by atoms with van der Waals surface area (Å²) in [7, 11) is -4.42. The van der Waals surface area contributed by atoms with Gasteiger partial charge in [0.25, 0.3) is 10.8 Å². The molecule has 2 aromatic rings. The third-order valence-electron chi connectivity index (χ3n) is 3.33. The van der Waals surface area contributed by atoms with E-state index < -0.39 is 30.7 Å². The zero-order valence-electron chi connectivity index (χ0n) is 17.1. The van der Waals surface area contributed by atoms with Gasteiger partial charge in [-0.15, -0.1) is 15.2 Å². The molecule has 0 radical (unpaired) electrons. The minimum atomic E-state index is -4.42. The molecule has 0 aliphatic carbocycles. The van der Waals surface area contributed by atoms with Gasteiger partial charge in [0.15, 0.2) is 4.90 Å². The molecule has 0 fully saturated rings. The lowest BCUT2D eigenvalue weighted by Gasteiger charge is -2.11. The van der Waals surface area contributed by atoms with Crippen molar-refractivity contribution in [2.75, 3.05) is 6.61 Å². The number of nitro benzene ring substituents is 1. The summed E-state index contributed by atoms with van der Waals surface area (Å²) >= 11 is 0. The number of guanidine groups is 1. The van der Waals surface area contributed by atoms with E-state index in [2.05, 4.69) is 10.2 Å². The van der Waals surface area contributed by atoms with Crippen LogP contribution in [0.25, 0.3) is 0 Å². The van der Waals surface area contributed by atoms with Crippen LogP contribution in [0.1, 0.15) is 12.0 Å². The molecule has 0 aromatic heterocycles. The van der Waals surface area contributed by atoms with Crippen LogP contribution < -0.4 is 20.4 Å². The van der Waals surface area contributed by atoms with Gasteiger partial charge in [-0.1, -0.05) is 12.1 Å². The fourth-order valence-electron chi connectivity index (χ4n) is 2.23. The Hall–Kier alpha value is -4.47. The van der Waals surface area contributed by atoms with Gasteiger partial charge in [-0.2, -0.15) is 13.5 Å². The van der Waals surface area contributed by atoms with E-state index in [9.17, 15) is 18.5 Å². The van der Waals surface area contributed by atoms with Crippen molar-refractivity contribution in [3.8, 4) is 11.5 Å². The molecule has 0 bridgehead atoms. The highest BCUT2D eigenvalue weighted by Gasteiger charge is 2.27. The number of benzene rings is 2. The highest BCUT2D eigenvalue weighted by molar-refractivity contribution is 7.87. The van der Waals surface area contributed by atoms with Gasteiger partial charge >= 0.3 is 10.1 Å². The maximum absolute atomic E-state index is 12.5. The number of para-hydroxylation sites is 1. The molecule has 0 amide bonds. The smallest absolute Gasteiger partial charge is 0.346 e. The summed E-state index contributed by atoms with van der Waals surface area (Å²) in [6.07, 6.45) is 1.85. The van der Waals surface area contributed by atoms with Crippen LogP contribution in [-0.2, 0) is 10.1 Å². The summed E-state index contributed by atoms with van der Waals surface area (Å²) in [5, 5.41) is 31.8. The van der Waals surface area contributed by atoms with Crippen molar-refractivity contribution in [3.05, 3.63) is 68.3 Å². The Bertz CT molecular complexity index is 1140. The summed E-state index contributed by atoms with van der Waals surface area (Å²) in [4.78, 5) is 18.1. The monoisotopic (exact) mass is 484 g/mol. The molecule has 0 spiro atoms. The Labute approximate surface area is 187 Å². The van der Waals surface area contributed by atoms with E-state index in [0.29, 0.717) is 17.7 Å². The average molecular weight is 484 g/mol. The van der Waals surface area contributed by atoms with Crippen molar-refractivity contribution in [1.29, 1.82) is 0 Å². The standard InChI is InChI=1S/C17H19N5O6S.HNO3/c1-12-9-13(27-8-4-7-20-21-17(18)19)11-14(10-12)28-29(25,26)16-6-3-2-5-15(16)22(23)24;2-1(3)4/h2-3,5-7,9-11H,4,8H2,1H3,(H4,18,19,21);(H,2,3,4)/b20-7-;. The predicted molar refractivity (Wildman–Crippen MR) is 115 cm³/mol. The Morgan fingerprint density at radius 1 is 1.15 bits per heavy atom. The van der Waals surface area contributed by atoms with Gasteiger partial charge in [-0.25, -0.2) is 0 Å². The average Bonchev–Trinajstić information content (AvgIpc) is 2.69. The van der Waals surface area contributed by atoms with Crippen LogP contribution in [0, 0.1) is 27.2 Å². The van der Waals surface area contributed by atoms with E-state index in [1.54, 1.807) is 13.0 Å². The molecule has 0 saturated carbocycles. The van der Waals surface area contributed by atoms with Crippen LogP contribution in [0.15, 0.2) is 57.6 Å². The highest BCUT2D eigenvalue weighted by Crippen LogP contribution is 2.29. The van der Waals surface area contributed by atoms with Gasteiger partial charge in [0, 0.05) is 24.8 Å². The molecular weight excluding hydrogens is 464 g/mol. The summed E-state index contributed by atoms with van der Waals surface area (Å²) in [6.45, 7) is 1.95. The first kappa shape index (κ1) is 26.6. The van der Waals surface area contributed by atoms with Crippen molar-refractivity contribution >= 4 is 28.0 Å². The third-order valence-corrected chi connectivity index (χ3v) is 4.63. The first-order valence-electron chi connectivity index (χ1n) is 8.78. The summed E-state index contributed by atoms with van der Waals surface area (Å²) in [5.41, 5.74) is 10.4. The van der Waals surface area contributed by atoms with Crippen LogP contribution in [0.4, 0.5) is 5.69 Å². The molecule has 0 saturated heterocycles. The maximum atomic E-state index is 12.5. The van der Waals surface area contributed by atoms with Gasteiger partial charge in [-0.05, 0) is 30.7 Å². The van der Waals surface area contributed by atoms with Crippen molar-refractivity contribution in [1.82, 2.24) is 0 Å². The zero-order chi connectivity index (χ0) is 25.0. The number of aryl methyl sites for hydroxylation is 1. The van der Waals surface area contributed by atoms with E-state index in [1.807, 2.05) is 0 Å². The number of nitro groups is 1. The number of nitrogens with zero attached hydrogens (tertiary/aromatic N) is 4. The minimum absolute atomic E-state index is 0.0349. The number of hydrogen-bond acceptors (Lipinski definition) is 10. The lowest BCUT2D eigenvalue weighted by molar-refractivity contribution is -0.742. The van der Waals surface area contributed by atoms with Crippen LogP contribution >= 0.6 is 0 Å². The Morgan fingerprint density at radius 2 is 1.76 bits per heavy atom. The molecule has 33 heavy (non-hydrogen) atoms. The number of rotatable bonds is 9. The summed E-state index contributed by atoms with van der Waals surface area (Å²) in [5.74, 6) is 0.155. The maximum Gasteiger partial charge on any atom is 0.346 e. The SMILES string of the molecule is Cc1cc(OCC/C=N\N=C(N)N)cc(OS(=O)(=O)c2ccccc2[N+](=O)[O-])c1.O=[N+]([O-])O. The van der Waals surface area contributed by atoms with Gasteiger partial charge in [0.1, 0.15) is 11.5 Å². The van der Waals surface area contributed by atoms with Crippen molar-refractivity contribution in [2.45, 2.75) is 18.2 Å². The number of ether oxygens (including phenoxy) is 1. The number of nitrogens with two attached hydrogens (primary N) is 2. The molecule has 0 heterocycles. The van der Waals surface area contributed by atoms with E-state index >= 15 is 0 Å². The quantitative estimate of drug-likeness (QED) is 0.115. The van der Waals surface area contributed by atoms with E-state index in [0.717, 1.165) is 12.1 Å². The van der Waals surface area contributed by atoms with E-state index in [-0.39, 0.29) is 18.3 Å². The molecule has 178 valence electrons. The molecular formula is C17H20N6O9S. The van der Waals surface area contributed by atoms with Gasteiger partial charge in [-0.3, -0.25) is 10.1 Å². The van der Waals surface area contributed by atoms with Crippen LogP contribution in [0.3, 0.4) is 0 Å². The van der Waals surface area contributed by atoms with Crippen molar-refractivity contribution in [3.63, 3.8) is 0 Å². The molecule has 0 atom stereocenters. The largest absolute Gasteiger partial charge is 0.493 e. The molecule has 15 nitrogen and oxygen atoms in total. The topological polar surface area (TPSA) is 236 Å². The predicted octanol–water partition coefficient (Wildman–Crippen LogP) is 1.35. The summed E-state index contributed by atoms with van der Waals surface area (Å²) in [6, 6.07) is 9.45. The van der Waals surface area contributed by atoms with Crippen LogP contribution in [0.2, 0.25) is 0 Å². The minimum Gasteiger partial charge on any atom is -0.493 e. The normalized spacial score (nSPS) is 10.6. The first-order valence-corrected chi connectivity index (χ1v) is 10.2. The van der Waals surface area contributed by atoms with Gasteiger partial charge in [0.05, 0.1) is 11.5 Å². The molecule has 5 N–H and O–H groups in total. The van der Waals surface area contributed by atoms with Crippen molar-refractivity contribution < 1.29 is 32.6 Å². The summed E-state index contributed by atoms with van der Waals surface area (Å²) < 4.78 is 35.7. The second-order valence-electron chi connectivity index (χ2n) is 5.94. The first-order chi connectivity index (χ1) is 15.4. The van der Waals surface area contributed by atoms with E-state index in [1.165, 1.54) is 30.5 Å². The Balaban J connectivity index is 0.00000125. The van der Waals surface area contributed by atoms with Crippen LogP contribution in [0.5, 0.6) is 11.5 Å². The Morgan fingerprint density at radius 3 is 2.36 bits per heavy atom. The lowest BCUT2D eigenvalue weighted by Crippen LogP contribution is -2.21. The van der Waals surface area contributed by atoms with E-state index in [4.69, 9.17) is 35.7 Å². The molecule has 2 aromatic carbocycles. The zero-order valence-corrected chi connectivity index (χ0v) is 17.9. The second-order valence-corrected chi connectivity index (χ2v) is 7.46. The molecule has 16 heteroatoms. The molecule has 0 aliphatic heterocycles. The van der Waals surface area contributed by atoms with Crippen LogP contribution in [-0.4, -0.2) is 42.4 Å². The fourth-order valence-corrected chi connectivity index (χ4v) is 3.31. The third kappa shape index (κ3) is 9.92. The lowest BCUT2D eigenvalue weighted by atomic mass is 10.2.